The Hall–Kier alpha value is 0.917. The Kier molecular flexibility index (Phi) is 20.1. The van der Waals surface area contributed by atoms with Crippen LogP contribution in [0.25, 0.3) is 0 Å². The fourth-order valence-corrected chi connectivity index (χ4v) is 0. The first-order valence-corrected chi connectivity index (χ1v) is 2.45. The molecule has 0 rings (SSSR count). The van der Waals surface area contributed by atoms with Crippen LogP contribution in [0, 0.1) is 0 Å². The van der Waals surface area contributed by atoms with Crippen molar-refractivity contribution in [3.05, 3.63) is 0 Å². The van der Waals surface area contributed by atoms with Crippen molar-refractivity contribution in [1.29, 1.82) is 0 Å². The van der Waals surface area contributed by atoms with Crippen molar-refractivity contribution in [1.82, 2.24) is 0 Å². The average Bonchev–Trinajstić information content (AvgIpc) is 0.918. The van der Waals surface area contributed by atoms with Crippen LogP contribution < -0.4 is 0 Å². The Balaban J connectivity index is 0. The van der Waals surface area contributed by atoms with Crippen molar-refractivity contribution in [2.45, 2.75) is 0 Å². The van der Waals surface area contributed by atoms with Crippen molar-refractivity contribution >= 4 is 37.9 Å². The molecule has 0 saturated carbocycles. The SMILES string of the molecule is O=[PH]=S.[LiH]. The Morgan fingerprint density at radius 2 is 1.75 bits per heavy atom. The Morgan fingerprint density at radius 1 is 1.75 bits per heavy atom. The van der Waals surface area contributed by atoms with Crippen molar-refractivity contribution in [2.24, 2.45) is 0 Å². The molecule has 0 aliphatic carbocycles. The predicted octanol–water partition coefficient (Wildman–Crippen LogP) is -0.176. The van der Waals surface area contributed by atoms with Crippen LogP contribution in [0.3, 0.4) is 0 Å². The molecule has 4 heavy (non-hydrogen) atoms. The molecule has 0 N–H and O–H groups in total. The molecule has 0 bridgehead atoms. The van der Waals surface area contributed by atoms with E-state index in [0.29, 0.717) is 0 Å². The van der Waals surface area contributed by atoms with E-state index in [1.54, 1.807) is 0 Å². The Morgan fingerprint density at radius 3 is 1.75 bits per heavy atom. The van der Waals surface area contributed by atoms with Crippen molar-refractivity contribution in [3.8, 4) is 0 Å². The van der Waals surface area contributed by atoms with Crippen LogP contribution in [0.1, 0.15) is 0 Å². The van der Waals surface area contributed by atoms with E-state index in [1.807, 2.05) is 0 Å². The molecule has 0 aromatic heterocycles. The minimum absolute atomic E-state index is 0. The number of rotatable bonds is 0. The van der Waals surface area contributed by atoms with E-state index in [9.17, 15) is 0 Å². The molecule has 0 amide bonds. The first kappa shape index (κ1) is 8.87. The van der Waals surface area contributed by atoms with Crippen LogP contribution in [0.15, 0.2) is 0 Å². The van der Waals surface area contributed by atoms with E-state index < -0.39 is 7.24 Å². The van der Waals surface area contributed by atoms with E-state index in [2.05, 4.69) is 11.8 Å². The van der Waals surface area contributed by atoms with Crippen LogP contribution in [-0.4, -0.2) is 18.9 Å². The molecule has 0 aromatic rings. The van der Waals surface area contributed by atoms with Gasteiger partial charge in [0, 0.05) is 0 Å². The molecule has 4 heteroatoms. The summed E-state index contributed by atoms with van der Waals surface area (Å²) in [6.07, 6.45) is 0. The zero-order valence-electron chi connectivity index (χ0n) is 1.32. The van der Waals surface area contributed by atoms with E-state index in [0.717, 1.165) is 0 Å². The molecule has 0 aliphatic heterocycles. The maximum atomic E-state index is 8.77. The predicted molar refractivity (Wildman–Crippen MR) is 23.5 cm³/mol. The van der Waals surface area contributed by atoms with Gasteiger partial charge in [0.25, 0.3) is 0 Å². The van der Waals surface area contributed by atoms with Crippen LogP contribution in [-0.2, 0) is 16.4 Å². The summed E-state index contributed by atoms with van der Waals surface area (Å²) in [6, 6.07) is 0. The van der Waals surface area contributed by atoms with Gasteiger partial charge in [-0.2, -0.15) is 0 Å². The molecule has 0 aliphatic rings. The molecule has 0 aromatic carbocycles. The number of hydrogen-bond donors (Lipinski definition) is 0. The van der Waals surface area contributed by atoms with Crippen molar-refractivity contribution < 1.29 is 4.57 Å². The summed E-state index contributed by atoms with van der Waals surface area (Å²) in [4.78, 5) is 0. The second-order valence-electron chi connectivity index (χ2n) is 0.0833. The molecule has 1 nitrogen and oxygen atoms in total. The van der Waals surface area contributed by atoms with Crippen molar-refractivity contribution in [2.75, 3.05) is 0 Å². The number of hydrogen-bond acceptors (Lipinski definition) is 2. The summed E-state index contributed by atoms with van der Waals surface area (Å²) in [5.74, 6) is 0. The third-order valence-electron chi connectivity index (χ3n) is 0. The zero-order chi connectivity index (χ0) is 2.71. The molecular weight excluding hydrogens is 86.0 g/mol. The van der Waals surface area contributed by atoms with Crippen molar-refractivity contribution in [3.63, 3.8) is 0 Å². The summed E-state index contributed by atoms with van der Waals surface area (Å²) in [7, 11) is -0.583. The minimum atomic E-state index is -0.583. The van der Waals surface area contributed by atoms with Crippen LogP contribution in [0.4, 0.5) is 0 Å². The van der Waals surface area contributed by atoms with Gasteiger partial charge in [-0.05, 0) is 11.8 Å². The molecule has 0 heterocycles. The van der Waals surface area contributed by atoms with Crippen LogP contribution in [0.5, 0.6) is 0 Å². The third-order valence-corrected chi connectivity index (χ3v) is 0. The molecule has 0 saturated heterocycles. The van der Waals surface area contributed by atoms with E-state index in [1.165, 1.54) is 0 Å². The standard InChI is InChI=1S/Li.HOPS.H/c;1-2-3;/h;2H;. The first-order valence-electron chi connectivity index (χ1n) is 0.408. The molecule has 1 unspecified atom stereocenters. The monoisotopic (exact) mass is 88.0 g/mol. The Bertz CT molecular complexity index is 29.0. The molecule has 0 fully saturated rings. The van der Waals surface area contributed by atoms with Gasteiger partial charge in [0.05, 0.1) is 0 Å². The van der Waals surface area contributed by atoms with Gasteiger partial charge < -0.3 is 0 Å². The second-order valence-corrected chi connectivity index (χ2v) is 0.750. The average molecular weight is 88.0 g/mol. The van der Waals surface area contributed by atoms with Crippen LogP contribution in [0.2, 0.25) is 0 Å². The van der Waals surface area contributed by atoms with Gasteiger partial charge in [0.2, 0.25) is 0 Å². The molecule has 0 radical (unpaired) electrons. The van der Waals surface area contributed by atoms with E-state index >= 15 is 0 Å². The maximum absolute atomic E-state index is 8.77. The van der Waals surface area contributed by atoms with Gasteiger partial charge in [0.1, 0.15) is 0 Å². The molecule has 20 valence electrons. The summed E-state index contributed by atoms with van der Waals surface area (Å²) in [5.41, 5.74) is 0. The van der Waals surface area contributed by atoms with Gasteiger partial charge >= 0.3 is 18.9 Å². The summed E-state index contributed by atoms with van der Waals surface area (Å²) < 4.78 is 8.77. The first-order chi connectivity index (χ1) is 1.41. The van der Waals surface area contributed by atoms with Gasteiger partial charge in [-0.3, -0.25) is 4.57 Å². The topological polar surface area (TPSA) is 17.1 Å². The molecule has 1 atom stereocenters. The van der Waals surface area contributed by atoms with Gasteiger partial charge in [-0.15, -0.1) is 0 Å². The summed E-state index contributed by atoms with van der Waals surface area (Å²) in [5, 5.41) is 0. The molecule has 0 spiro atoms. The molecular formula is H2LiOPS. The quantitative estimate of drug-likeness (QED) is 0.302. The fourth-order valence-electron chi connectivity index (χ4n) is 0. The van der Waals surface area contributed by atoms with Gasteiger partial charge in [-0.1, -0.05) is 0 Å². The fraction of sp³-hybridized carbons (Fsp3) is 0. The van der Waals surface area contributed by atoms with E-state index in [4.69, 9.17) is 4.57 Å². The summed E-state index contributed by atoms with van der Waals surface area (Å²) in [6.45, 7) is 0. The third kappa shape index (κ3) is 12.7. The van der Waals surface area contributed by atoms with Gasteiger partial charge in [-0.25, -0.2) is 0 Å². The zero-order valence-corrected chi connectivity index (χ0v) is 3.13. The van der Waals surface area contributed by atoms with Crippen LogP contribution >= 0.6 is 7.24 Å². The van der Waals surface area contributed by atoms with Gasteiger partial charge in [0.15, 0.2) is 7.24 Å². The second kappa shape index (κ2) is 9.07. The normalized spacial score (nSPS) is 5.00. The van der Waals surface area contributed by atoms with E-state index in [-0.39, 0.29) is 18.9 Å². The summed E-state index contributed by atoms with van der Waals surface area (Å²) >= 11 is 3.87. The Labute approximate surface area is 42.8 Å².